The molecule has 0 N–H and O–H groups in total. The molecule has 4 nitrogen and oxygen atoms in total. The Morgan fingerprint density at radius 2 is 1.49 bits per heavy atom. The number of imidazole rings is 1. The molecule has 5 heteroatoms. The van der Waals surface area contributed by atoms with Gasteiger partial charge in [-0.05, 0) is 35.0 Å². The summed E-state index contributed by atoms with van der Waals surface area (Å²) in [5.41, 5.74) is 3.37. The zero-order valence-electron chi connectivity index (χ0n) is 19.9. The van der Waals surface area contributed by atoms with Gasteiger partial charge < -0.3 is 9.30 Å². The van der Waals surface area contributed by atoms with E-state index in [1.54, 1.807) is 18.2 Å². The van der Waals surface area contributed by atoms with Gasteiger partial charge in [0.25, 0.3) is 0 Å². The van der Waals surface area contributed by atoms with E-state index in [2.05, 4.69) is 0 Å². The average molecular weight is 487 g/mol. The molecule has 0 aliphatic carbocycles. The molecule has 0 spiro atoms. The number of hydrogen-bond donors (Lipinski definition) is 0. The minimum atomic E-state index is -0.799. The van der Waals surface area contributed by atoms with Crippen molar-refractivity contribution in [2.75, 3.05) is 0 Å². The Labute approximate surface area is 213 Å². The molecular weight excluding hydrogens is 463 g/mol. The molecule has 0 aliphatic heterocycles. The lowest BCUT2D eigenvalue weighted by atomic mass is 10.0. The molecule has 0 radical (unpaired) electrons. The summed E-state index contributed by atoms with van der Waals surface area (Å²) in [6.45, 7) is 0.248. The Morgan fingerprint density at radius 3 is 2.35 bits per heavy atom. The highest BCUT2D eigenvalue weighted by molar-refractivity contribution is 6.04. The minimum Gasteiger partial charge on any atom is -0.446 e. The number of carbonyl (C=O) groups is 1. The van der Waals surface area contributed by atoms with Crippen LogP contribution in [0.4, 0.5) is 4.39 Å². The van der Waals surface area contributed by atoms with Gasteiger partial charge in [0.05, 0.1) is 23.1 Å². The van der Waals surface area contributed by atoms with Crippen LogP contribution in [0.15, 0.2) is 121 Å². The summed E-state index contributed by atoms with van der Waals surface area (Å²) in [6.07, 6.45) is -0.799. The molecule has 180 valence electrons. The van der Waals surface area contributed by atoms with E-state index in [1.807, 2.05) is 102 Å². The largest absolute Gasteiger partial charge is 0.446 e. The summed E-state index contributed by atoms with van der Waals surface area (Å²) < 4.78 is 22.9. The molecule has 1 aromatic heterocycles. The van der Waals surface area contributed by atoms with Gasteiger partial charge in [0.1, 0.15) is 5.82 Å². The number of ether oxygens (including phenoxy) is 1. The summed E-state index contributed by atoms with van der Waals surface area (Å²) >= 11 is 0. The van der Waals surface area contributed by atoms with Crippen molar-refractivity contribution in [3.05, 3.63) is 150 Å². The molecule has 37 heavy (non-hydrogen) atoms. The van der Waals surface area contributed by atoms with Gasteiger partial charge in [-0.25, -0.2) is 14.2 Å². The van der Waals surface area contributed by atoms with Crippen LogP contribution in [-0.2, 0) is 11.3 Å². The highest BCUT2D eigenvalue weighted by Gasteiger charge is 2.27. The van der Waals surface area contributed by atoms with Crippen LogP contribution in [0.3, 0.4) is 0 Å². The Balaban J connectivity index is 1.49. The predicted octanol–water partition coefficient (Wildman–Crippen LogP) is 7.32. The number of carbonyl (C=O) groups excluding carboxylic acids is 1. The number of rotatable bonds is 6. The molecule has 0 saturated carbocycles. The first-order valence-corrected chi connectivity index (χ1v) is 12.1. The summed E-state index contributed by atoms with van der Waals surface area (Å²) in [7, 11) is 0. The van der Waals surface area contributed by atoms with Crippen LogP contribution >= 0.6 is 0 Å². The topological polar surface area (TPSA) is 44.1 Å². The summed E-state index contributed by atoms with van der Waals surface area (Å²) in [5, 5.41) is 1.78. The molecule has 1 heterocycles. The van der Waals surface area contributed by atoms with E-state index in [1.165, 1.54) is 6.07 Å². The maximum atomic E-state index is 14.7. The van der Waals surface area contributed by atoms with Crippen molar-refractivity contribution in [2.45, 2.75) is 12.6 Å². The van der Waals surface area contributed by atoms with Crippen molar-refractivity contribution in [3.8, 4) is 0 Å². The first-order valence-electron chi connectivity index (χ1n) is 12.1. The van der Waals surface area contributed by atoms with Crippen molar-refractivity contribution in [3.63, 3.8) is 0 Å². The quantitative estimate of drug-likeness (QED) is 0.232. The number of esters is 1. The number of benzene rings is 5. The third-order valence-electron chi connectivity index (χ3n) is 6.54. The SMILES string of the molecule is O=C(O[C@H](c1ccccc1)c1nc2ccccc2n1Cc1ccccc1F)c1cccc2ccccc12. The number of hydrogen-bond acceptors (Lipinski definition) is 3. The van der Waals surface area contributed by atoms with Crippen molar-refractivity contribution in [1.29, 1.82) is 0 Å². The Hall–Kier alpha value is -4.77. The van der Waals surface area contributed by atoms with Gasteiger partial charge in [-0.3, -0.25) is 0 Å². The Bertz CT molecular complexity index is 1720. The fraction of sp³-hybridized carbons (Fsp3) is 0.0625. The highest BCUT2D eigenvalue weighted by atomic mass is 19.1. The molecular formula is C32H23FN2O2. The van der Waals surface area contributed by atoms with Crippen molar-refractivity contribution in [2.24, 2.45) is 0 Å². The summed E-state index contributed by atoms with van der Waals surface area (Å²) in [6, 6.07) is 37.2. The van der Waals surface area contributed by atoms with E-state index >= 15 is 0 Å². The fourth-order valence-electron chi connectivity index (χ4n) is 4.73. The van der Waals surface area contributed by atoms with Gasteiger partial charge in [0.15, 0.2) is 11.9 Å². The Morgan fingerprint density at radius 1 is 0.784 bits per heavy atom. The fourth-order valence-corrected chi connectivity index (χ4v) is 4.73. The number of nitrogens with zero attached hydrogens (tertiary/aromatic N) is 2. The third-order valence-corrected chi connectivity index (χ3v) is 6.54. The van der Waals surface area contributed by atoms with E-state index in [0.717, 1.165) is 27.4 Å². The molecule has 0 unspecified atom stereocenters. The molecule has 6 rings (SSSR count). The zero-order valence-corrected chi connectivity index (χ0v) is 19.9. The number of para-hydroxylation sites is 2. The average Bonchev–Trinajstić information content (AvgIpc) is 3.31. The van der Waals surface area contributed by atoms with Gasteiger partial charge in [0, 0.05) is 11.1 Å². The van der Waals surface area contributed by atoms with Crippen LogP contribution in [0, 0.1) is 5.82 Å². The lowest BCUT2D eigenvalue weighted by molar-refractivity contribution is 0.0360. The molecule has 1 atom stereocenters. The van der Waals surface area contributed by atoms with Crippen molar-refractivity contribution >= 4 is 27.8 Å². The summed E-state index contributed by atoms with van der Waals surface area (Å²) in [4.78, 5) is 18.5. The number of halogens is 1. The van der Waals surface area contributed by atoms with Crippen LogP contribution in [0.1, 0.15) is 33.4 Å². The predicted molar refractivity (Wildman–Crippen MR) is 143 cm³/mol. The molecule has 0 bridgehead atoms. The monoisotopic (exact) mass is 486 g/mol. The Kier molecular flexibility index (Phi) is 5.95. The van der Waals surface area contributed by atoms with Crippen molar-refractivity contribution in [1.82, 2.24) is 9.55 Å². The second kappa shape index (κ2) is 9.70. The normalized spacial score (nSPS) is 12.0. The van der Waals surface area contributed by atoms with Gasteiger partial charge in [-0.15, -0.1) is 0 Å². The van der Waals surface area contributed by atoms with E-state index in [-0.39, 0.29) is 12.4 Å². The van der Waals surface area contributed by atoms with Crippen LogP contribution in [-0.4, -0.2) is 15.5 Å². The molecule has 5 aromatic carbocycles. The number of fused-ring (bicyclic) bond motifs is 2. The molecule has 0 aliphatic rings. The highest BCUT2D eigenvalue weighted by Crippen LogP contribution is 2.31. The first kappa shape index (κ1) is 22.7. The second-order valence-electron chi connectivity index (χ2n) is 8.86. The third kappa shape index (κ3) is 4.36. The molecule has 0 saturated heterocycles. The van der Waals surface area contributed by atoms with Gasteiger partial charge >= 0.3 is 5.97 Å². The lowest BCUT2D eigenvalue weighted by Gasteiger charge is -2.20. The second-order valence-corrected chi connectivity index (χ2v) is 8.86. The maximum absolute atomic E-state index is 14.7. The van der Waals surface area contributed by atoms with Gasteiger partial charge in [-0.1, -0.05) is 97.1 Å². The van der Waals surface area contributed by atoms with Crippen molar-refractivity contribution < 1.29 is 13.9 Å². The van der Waals surface area contributed by atoms with Gasteiger partial charge in [0.2, 0.25) is 0 Å². The van der Waals surface area contributed by atoms with Crippen LogP contribution in [0.25, 0.3) is 21.8 Å². The smallest absolute Gasteiger partial charge is 0.339 e. The number of aromatic nitrogens is 2. The van der Waals surface area contributed by atoms with E-state index in [0.29, 0.717) is 17.0 Å². The zero-order chi connectivity index (χ0) is 25.2. The van der Waals surface area contributed by atoms with E-state index in [9.17, 15) is 9.18 Å². The lowest BCUT2D eigenvalue weighted by Crippen LogP contribution is -2.18. The standard InChI is InChI=1S/C32H23FN2O2/c33-27-18-7-5-14-24(27)21-35-29-20-9-8-19-28(29)34-31(35)30(23-12-2-1-3-13-23)37-32(36)26-17-10-15-22-11-4-6-16-25(22)26/h1-20,30H,21H2/t30-/m1/s1. The van der Waals surface area contributed by atoms with E-state index < -0.39 is 12.1 Å². The van der Waals surface area contributed by atoms with Gasteiger partial charge in [-0.2, -0.15) is 0 Å². The summed E-state index contributed by atoms with van der Waals surface area (Å²) in [5.74, 6) is -0.213. The molecule has 0 amide bonds. The van der Waals surface area contributed by atoms with Crippen LogP contribution < -0.4 is 0 Å². The van der Waals surface area contributed by atoms with Crippen LogP contribution in [0.5, 0.6) is 0 Å². The molecule has 0 fully saturated rings. The van der Waals surface area contributed by atoms with E-state index in [4.69, 9.17) is 9.72 Å². The van der Waals surface area contributed by atoms with Crippen LogP contribution in [0.2, 0.25) is 0 Å². The molecule has 6 aromatic rings. The minimum absolute atomic E-state index is 0.248. The first-order chi connectivity index (χ1) is 18.2. The maximum Gasteiger partial charge on any atom is 0.339 e.